The number of aryl methyl sites for hydroxylation is 1. The van der Waals surface area contributed by atoms with E-state index in [2.05, 4.69) is 50.6 Å². The van der Waals surface area contributed by atoms with Crippen LogP contribution in [-0.4, -0.2) is 19.0 Å². The summed E-state index contributed by atoms with van der Waals surface area (Å²) in [6.07, 6.45) is 1.90. The van der Waals surface area contributed by atoms with Gasteiger partial charge in [0.2, 0.25) is 0 Å². The number of aliphatic imine (C=N–C) groups is 1. The highest BCUT2D eigenvalue weighted by Gasteiger charge is 2.09. The zero-order valence-corrected chi connectivity index (χ0v) is 9.51. The third-order valence-electron chi connectivity index (χ3n) is 2.14. The number of nitrogens with one attached hydrogen (secondary N) is 2. The van der Waals surface area contributed by atoms with Gasteiger partial charge < -0.3 is 5.32 Å². The minimum Gasteiger partial charge on any atom is -0.351 e. The summed E-state index contributed by atoms with van der Waals surface area (Å²) in [7, 11) is 0. The molecule has 3 nitrogen and oxygen atoms in total. The number of nitrogens with zero attached hydrogens (tertiary/aromatic N) is 1. The molecule has 1 aliphatic rings. The lowest BCUT2D eigenvalue weighted by molar-refractivity contribution is 0.673. The Morgan fingerprint density at radius 1 is 1.57 bits per heavy atom. The lowest BCUT2D eigenvalue weighted by Crippen LogP contribution is -2.30. The van der Waals surface area contributed by atoms with Crippen molar-refractivity contribution in [2.24, 2.45) is 4.99 Å². The predicted octanol–water partition coefficient (Wildman–Crippen LogP) is 2.13. The Kier molecular flexibility index (Phi) is 2.84. The molecular weight excluding hydrogens is 242 g/mol. The van der Waals surface area contributed by atoms with Gasteiger partial charge in [-0.25, -0.2) is 0 Å². The average Bonchev–Trinajstić information content (AvgIpc) is 2.62. The largest absolute Gasteiger partial charge is 0.351 e. The van der Waals surface area contributed by atoms with Crippen LogP contribution in [0.1, 0.15) is 5.56 Å². The number of anilines is 1. The molecule has 14 heavy (non-hydrogen) atoms. The standard InChI is InChI=1S/C10H12BrN3/c1-7-6-8(11)2-3-9(7)14-10-12-4-5-13-10/h2-4,6,10,13-14H,5H2,1H3. The van der Waals surface area contributed by atoms with Crippen molar-refractivity contribution in [3.63, 3.8) is 0 Å². The van der Waals surface area contributed by atoms with Gasteiger partial charge in [-0.2, -0.15) is 0 Å². The molecule has 74 valence electrons. The number of rotatable bonds is 2. The molecule has 0 radical (unpaired) electrons. The summed E-state index contributed by atoms with van der Waals surface area (Å²) >= 11 is 3.44. The lowest BCUT2D eigenvalue weighted by atomic mass is 10.2. The molecular formula is C10H12BrN3. The molecule has 0 bridgehead atoms. The molecule has 0 fully saturated rings. The molecule has 4 heteroatoms. The van der Waals surface area contributed by atoms with Gasteiger partial charge in [-0.15, -0.1) is 0 Å². The Balaban J connectivity index is 2.12. The Bertz CT molecular complexity index is 362. The van der Waals surface area contributed by atoms with Crippen LogP contribution in [0.2, 0.25) is 0 Å². The fraction of sp³-hybridized carbons (Fsp3) is 0.300. The Morgan fingerprint density at radius 2 is 2.43 bits per heavy atom. The van der Waals surface area contributed by atoms with Gasteiger partial charge in [-0.3, -0.25) is 10.3 Å². The van der Waals surface area contributed by atoms with Gasteiger partial charge in [0.25, 0.3) is 0 Å². The van der Waals surface area contributed by atoms with Crippen LogP contribution in [0.4, 0.5) is 5.69 Å². The third kappa shape index (κ3) is 2.13. The van der Waals surface area contributed by atoms with Crippen LogP contribution in [0.15, 0.2) is 27.7 Å². The van der Waals surface area contributed by atoms with Crippen molar-refractivity contribution in [3.8, 4) is 0 Å². The second kappa shape index (κ2) is 4.11. The summed E-state index contributed by atoms with van der Waals surface area (Å²) in [4.78, 5) is 4.24. The summed E-state index contributed by atoms with van der Waals surface area (Å²) in [5.74, 6) is 0. The van der Waals surface area contributed by atoms with Crippen molar-refractivity contribution in [3.05, 3.63) is 28.2 Å². The van der Waals surface area contributed by atoms with Gasteiger partial charge >= 0.3 is 0 Å². The van der Waals surface area contributed by atoms with E-state index in [1.165, 1.54) is 5.56 Å². The van der Waals surface area contributed by atoms with E-state index in [9.17, 15) is 0 Å². The zero-order chi connectivity index (χ0) is 9.97. The minimum atomic E-state index is 0.0230. The van der Waals surface area contributed by atoms with Crippen molar-refractivity contribution in [2.75, 3.05) is 11.9 Å². The predicted molar refractivity (Wildman–Crippen MR) is 62.8 cm³/mol. The first kappa shape index (κ1) is 9.68. The van der Waals surface area contributed by atoms with Gasteiger partial charge in [-0.1, -0.05) is 15.9 Å². The van der Waals surface area contributed by atoms with Crippen LogP contribution >= 0.6 is 15.9 Å². The quantitative estimate of drug-likeness (QED) is 0.848. The molecule has 1 heterocycles. The van der Waals surface area contributed by atoms with Crippen LogP contribution in [0.25, 0.3) is 0 Å². The SMILES string of the molecule is Cc1cc(Br)ccc1NC1N=CCN1. The van der Waals surface area contributed by atoms with Crippen molar-refractivity contribution >= 4 is 27.8 Å². The molecule has 0 saturated heterocycles. The van der Waals surface area contributed by atoms with Crippen LogP contribution in [0.3, 0.4) is 0 Å². The molecule has 1 aliphatic heterocycles. The summed E-state index contributed by atoms with van der Waals surface area (Å²) in [5.41, 5.74) is 2.33. The molecule has 0 aromatic heterocycles. The second-order valence-corrected chi connectivity index (χ2v) is 4.16. The molecule has 0 spiro atoms. The molecule has 2 rings (SSSR count). The first-order valence-corrected chi connectivity index (χ1v) is 5.33. The maximum absolute atomic E-state index is 4.24. The van der Waals surface area contributed by atoms with E-state index in [0.717, 1.165) is 16.7 Å². The number of hydrogen-bond donors (Lipinski definition) is 2. The van der Waals surface area contributed by atoms with Crippen LogP contribution in [0, 0.1) is 6.92 Å². The van der Waals surface area contributed by atoms with Crippen LogP contribution in [0.5, 0.6) is 0 Å². The van der Waals surface area contributed by atoms with Gasteiger partial charge in [-0.05, 0) is 30.7 Å². The van der Waals surface area contributed by atoms with Crippen LogP contribution < -0.4 is 10.6 Å². The van der Waals surface area contributed by atoms with Crippen molar-refractivity contribution < 1.29 is 0 Å². The van der Waals surface area contributed by atoms with E-state index >= 15 is 0 Å². The number of benzene rings is 1. The highest BCUT2D eigenvalue weighted by atomic mass is 79.9. The lowest BCUT2D eigenvalue weighted by Gasteiger charge is -2.14. The van der Waals surface area contributed by atoms with E-state index in [1.54, 1.807) is 0 Å². The van der Waals surface area contributed by atoms with Crippen molar-refractivity contribution in [2.45, 2.75) is 13.2 Å². The molecule has 1 aromatic carbocycles. The van der Waals surface area contributed by atoms with Gasteiger partial charge in [0.05, 0.1) is 0 Å². The first-order chi connectivity index (χ1) is 6.75. The highest BCUT2D eigenvalue weighted by Crippen LogP contribution is 2.20. The molecule has 2 N–H and O–H groups in total. The van der Waals surface area contributed by atoms with Crippen molar-refractivity contribution in [1.29, 1.82) is 0 Å². The summed E-state index contributed by atoms with van der Waals surface area (Å²) < 4.78 is 1.10. The van der Waals surface area contributed by atoms with Gasteiger partial charge in [0, 0.05) is 22.9 Å². The van der Waals surface area contributed by atoms with Crippen LogP contribution in [-0.2, 0) is 0 Å². The Morgan fingerprint density at radius 3 is 3.07 bits per heavy atom. The fourth-order valence-corrected chi connectivity index (χ4v) is 1.88. The highest BCUT2D eigenvalue weighted by molar-refractivity contribution is 9.10. The van der Waals surface area contributed by atoms with Gasteiger partial charge in [0.1, 0.15) is 0 Å². The molecule has 0 aliphatic carbocycles. The molecule has 1 aromatic rings. The number of hydrogen-bond acceptors (Lipinski definition) is 3. The molecule has 0 amide bonds. The minimum absolute atomic E-state index is 0.0230. The second-order valence-electron chi connectivity index (χ2n) is 3.25. The Hall–Kier alpha value is -0.870. The van der Waals surface area contributed by atoms with E-state index in [0.29, 0.717) is 0 Å². The fourth-order valence-electron chi connectivity index (χ4n) is 1.40. The smallest absolute Gasteiger partial charge is 0.173 e. The van der Waals surface area contributed by atoms with E-state index in [-0.39, 0.29) is 6.29 Å². The number of halogens is 1. The van der Waals surface area contributed by atoms with E-state index < -0.39 is 0 Å². The van der Waals surface area contributed by atoms with Crippen molar-refractivity contribution in [1.82, 2.24) is 5.32 Å². The topological polar surface area (TPSA) is 36.4 Å². The monoisotopic (exact) mass is 253 g/mol. The molecule has 0 saturated carbocycles. The maximum atomic E-state index is 4.24. The average molecular weight is 254 g/mol. The zero-order valence-electron chi connectivity index (χ0n) is 7.92. The summed E-state index contributed by atoms with van der Waals surface area (Å²) in [6, 6.07) is 6.16. The van der Waals surface area contributed by atoms with Gasteiger partial charge in [0.15, 0.2) is 6.29 Å². The molecule has 1 unspecified atom stereocenters. The van der Waals surface area contributed by atoms with E-state index in [4.69, 9.17) is 0 Å². The first-order valence-electron chi connectivity index (χ1n) is 4.53. The van der Waals surface area contributed by atoms with E-state index in [1.807, 2.05) is 12.3 Å². The maximum Gasteiger partial charge on any atom is 0.173 e. The summed E-state index contributed by atoms with van der Waals surface area (Å²) in [5, 5.41) is 6.51. The normalized spacial score (nSPS) is 20.0. The Labute approximate surface area is 91.7 Å². The molecule has 1 atom stereocenters. The third-order valence-corrected chi connectivity index (χ3v) is 2.63. The summed E-state index contributed by atoms with van der Waals surface area (Å²) in [6.45, 7) is 2.92.